The zero-order valence-corrected chi connectivity index (χ0v) is 8.46. The van der Waals surface area contributed by atoms with E-state index in [1.165, 1.54) is 11.0 Å². The molecule has 0 saturated carbocycles. The summed E-state index contributed by atoms with van der Waals surface area (Å²) in [6.07, 6.45) is 2.94. The van der Waals surface area contributed by atoms with Crippen molar-refractivity contribution in [1.29, 1.82) is 0 Å². The van der Waals surface area contributed by atoms with Gasteiger partial charge in [-0.05, 0) is 12.1 Å². The normalized spacial score (nSPS) is 10.2. The summed E-state index contributed by atoms with van der Waals surface area (Å²) in [4.78, 5) is 12.7. The number of rotatable bonds is 4. The Morgan fingerprint density at radius 1 is 1.62 bits per heavy atom. The quantitative estimate of drug-likeness (QED) is 0.743. The molecule has 2 aromatic heterocycles. The van der Waals surface area contributed by atoms with Crippen molar-refractivity contribution in [2.45, 2.75) is 13.1 Å². The van der Waals surface area contributed by atoms with Gasteiger partial charge in [-0.1, -0.05) is 0 Å². The highest BCUT2D eigenvalue weighted by atomic mass is 16.3. The summed E-state index contributed by atoms with van der Waals surface area (Å²) in [7, 11) is 0. The second-order valence-electron chi connectivity index (χ2n) is 3.16. The number of hydrogen-bond donors (Lipinski definition) is 2. The van der Waals surface area contributed by atoms with Crippen LogP contribution in [0.2, 0.25) is 0 Å². The number of furan rings is 1. The molecule has 1 amide bonds. The van der Waals surface area contributed by atoms with E-state index in [1.54, 1.807) is 18.4 Å². The van der Waals surface area contributed by atoms with Crippen molar-refractivity contribution in [2.24, 2.45) is 0 Å². The monoisotopic (exact) mass is 221 g/mol. The van der Waals surface area contributed by atoms with Gasteiger partial charge in [-0.15, -0.1) is 5.10 Å². The second-order valence-corrected chi connectivity index (χ2v) is 3.16. The molecular formula is C9H11N5O2. The van der Waals surface area contributed by atoms with Gasteiger partial charge in [0.15, 0.2) is 5.82 Å². The van der Waals surface area contributed by atoms with Crippen LogP contribution in [0.5, 0.6) is 0 Å². The summed E-state index contributed by atoms with van der Waals surface area (Å²) < 4.78 is 5.07. The van der Waals surface area contributed by atoms with Gasteiger partial charge in [-0.25, -0.2) is 0 Å². The van der Waals surface area contributed by atoms with Crippen LogP contribution in [0, 0.1) is 0 Å². The van der Waals surface area contributed by atoms with E-state index in [-0.39, 0.29) is 12.5 Å². The largest absolute Gasteiger partial charge is 0.467 e. The first-order chi connectivity index (χ1) is 7.74. The third-order valence-corrected chi connectivity index (χ3v) is 1.88. The molecule has 0 bridgehead atoms. The molecular weight excluding hydrogens is 210 g/mol. The van der Waals surface area contributed by atoms with Crippen LogP contribution in [0.1, 0.15) is 5.76 Å². The maximum absolute atomic E-state index is 11.4. The number of nitrogens with zero attached hydrogens (tertiary/aromatic N) is 3. The minimum atomic E-state index is -0.202. The molecule has 0 aromatic carbocycles. The number of carbonyl (C=O) groups excluding carboxylic acids is 1. The van der Waals surface area contributed by atoms with Crippen LogP contribution in [0.4, 0.5) is 5.82 Å². The molecule has 0 aliphatic rings. The number of carbonyl (C=O) groups is 1. The lowest BCUT2D eigenvalue weighted by Gasteiger charge is -2.01. The number of nitrogen functional groups attached to an aromatic ring is 1. The Labute approximate surface area is 91.2 Å². The van der Waals surface area contributed by atoms with E-state index >= 15 is 0 Å². The first-order valence-electron chi connectivity index (χ1n) is 4.69. The van der Waals surface area contributed by atoms with E-state index in [0.717, 1.165) is 0 Å². The van der Waals surface area contributed by atoms with Crippen molar-refractivity contribution in [3.8, 4) is 0 Å². The standard InChI is InChI=1S/C9H11N5O2/c10-8-5-12-14(13-8)6-9(15)11-4-7-2-1-3-16-7/h1-3,5H,4,6H2,(H2,10,13)(H,11,15). The molecule has 84 valence electrons. The zero-order chi connectivity index (χ0) is 11.4. The first kappa shape index (κ1) is 10.2. The lowest BCUT2D eigenvalue weighted by molar-refractivity contribution is -0.122. The third-order valence-electron chi connectivity index (χ3n) is 1.88. The average molecular weight is 221 g/mol. The Kier molecular flexibility index (Phi) is 2.86. The van der Waals surface area contributed by atoms with E-state index in [1.807, 2.05) is 0 Å². The van der Waals surface area contributed by atoms with E-state index in [0.29, 0.717) is 18.1 Å². The van der Waals surface area contributed by atoms with Crippen molar-refractivity contribution in [3.05, 3.63) is 30.4 Å². The van der Waals surface area contributed by atoms with Crippen LogP contribution in [-0.4, -0.2) is 20.9 Å². The summed E-state index contributed by atoms with van der Waals surface area (Å²) in [5.41, 5.74) is 5.36. The SMILES string of the molecule is Nc1cnn(CC(=O)NCc2ccco2)n1. The molecule has 0 unspecified atom stereocenters. The van der Waals surface area contributed by atoms with Crippen LogP contribution >= 0.6 is 0 Å². The van der Waals surface area contributed by atoms with Gasteiger partial charge in [-0.2, -0.15) is 9.90 Å². The summed E-state index contributed by atoms with van der Waals surface area (Å²) in [6, 6.07) is 3.54. The molecule has 7 nitrogen and oxygen atoms in total. The molecule has 2 heterocycles. The maximum Gasteiger partial charge on any atom is 0.243 e. The number of amides is 1. The highest BCUT2D eigenvalue weighted by Crippen LogP contribution is 1.98. The van der Waals surface area contributed by atoms with Crippen molar-refractivity contribution >= 4 is 11.7 Å². The molecule has 2 rings (SSSR count). The Morgan fingerprint density at radius 3 is 3.12 bits per heavy atom. The van der Waals surface area contributed by atoms with E-state index in [9.17, 15) is 4.79 Å². The fraction of sp³-hybridized carbons (Fsp3) is 0.222. The van der Waals surface area contributed by atoms with Crippen LogP contribution in [0.15, 0.2) is 29.0 Å². The zero-order valence-electron chi connectivity index (χ0n) is 8.46. The molecule has 0 aliphatic heterocycles. The molecule has 0 radical (unpaired) electrons. The number of nitrogens with two attached hydrogens (primary N) is 1. The minimum absolute atomic E-state index is 0.0396. The fourth-order valence-electron chi connectivity index (χ4n) is 1.17. The van der Waals surface area contributed by atoms with Crippen LogP contribution in [0.3, 0.4) is 0 Å². The van der Waals surface area contributed by atoms with Gasteiger partial charge < -0.3 is 15.5 Å². The number of aromatic nitrogens is 3. The lowest BCUT2D eigenvalue weighted by atomic mass is 10.4. The molecule has 3 N–H and O–H groups in total. The predicted octanol–water partition coefficient (Wildman–Crippen LogP) is -0.230. The smallest absolute Gasteiger partial charge is 0.243 e. The van der Waals surface area contributed by atoms with E-state index in [4.69, 9.17) is 10.2 Å². The molecule has 0 atom stereocenters. The molecule has 0 spiro atoms. The minimum Gasteiger partial charge on any atom is -0.467 e. The van der Waals surface area contributed by atoms with Gasteiger partial charge in [0, 0.05) is 0 Å². The number of hydrogen-bond acceptors (Lipinski definition) is 5. The van der Waals surface area contributed by atoms with Crippen LogP contribution < -0.4 is 11.1 Å². The van der Waals surface area contributed by atoms with Crippen molar-refractivity contribution in [2.75, 3.05) is 5.73 Å². The molecule has 16 heavy (non-hydrogen) atoms. The number of nitrogens with one attached hydrogen (secondary N) is 1. The van der Waals surface area contributed by atoms with Crippen molar-refractivity contribution in [1.82, 2.24) is 20.3 Å². The first-order valence-corrected chi connectivity index (χ1v) is 4.69. The fourth-order valence-corrected chi connectivity index (χ4v) is 1.17. The molecule has 2 aromatic rings. The van der Waals surface area contributed by atoms with E-state index < -0.39 is 0 Å². The van der Waals surface area contributed by atoms with Crippen molar-refractivity contribution < 1.29 is 9.21 Å². The Morgan fingerprint density at radius 2 is 2.50 bits per heavy atom. The average Bonchev–Trinajstić information content (AvgIpc) is 2.87. The summed E-state index contributed by atoms with van der Waals surface area (Å²) in [5, 5.41) is 10.3. The molecule has 0 fully saturated rings. The molecule has 0 saturated heterocycles. The van der Waals surface area contributed by atoms with Crippen molar-refractivity contribution in [3.63, 3.8) is 0 Å². The lowest BCUT2D eigenvalue weighted by Crippen LogP contribution is -2.27. The van der Waals surface area contributed by atoms with Gasteiger partial charge >= 0.3 is 0 Å². The maximum atomic E-state index is 11.4. The number of anilines is 1. The van der Waals surface area contributed by atoms with Gasteiger partial charge in [0.2, 0.25) is 5.91 Å². The topological polar surface area (TPSA) is 99.0 Å². The van der Waals surface area contributed by atoms with Gasteiger partial charge in [0.05, 0.1) is 19.0 Å². The Hall–Kier alpha value is -2.31. The van der Waals surface area contributed by atoms with Gasteiger partial charge in [0.1, 0.15) is 12.3 Å². The highest BCUT2D eigenvalue weighted by molar-refractivity contribution is 5.75. The summed E-state index contributed by atoms with van der Waals surface area (Å²) in [6.45, 7) is 0.389. The van der Waals surface area contributed by atoms with E-state index in [2.05, 4.69) is 15.5 Å². The third kappa shape index (κ3) is 2.59. The Bertz CT molecular complexity index is 462. The van der Waals surface area contributed by atoms with Crippen LogP contribution in [0.25, 0.3) is 0 Å². The Balaban J connectivity index is 1.81. The second kappa shape index (κ2) is 4.47. The summed E-state index contributed by atoms with van der Waals surface area (Å²) in [5.74, 6) is 0.784. The van der Waals surface area contributed by atoms with Gasteiger partial charge in [-0.3, -0.25) is 4.79 Å². The highest BCUT2D eigenvalue weighted by Gasteiger charge is 2.05. The predicted molar refractivity (Wildman–Crippen MR) is 55.0 cm³/mol. The molecule has 0 aliphatic carbocycles. The summed E-state index contributed by atoms with van der Waals surface area (Å²) >= 11 is 0. The molecule has 7 heteroatoms. The van der Waals surface area contributed by atoms with Crippen LogP contribution in [-0.2, 0) is 17.9 Å². The van der Waals surface area contributed by atoms with Gasteiger partial charge in [0.25, 0.3) is 0 Å².